The molecule has 0 saturated heterocycles. The van der Waals surface area contributed by atoms with Gasteiger partial charge in [0.15, 0.2) is 16.7 Å². The summed E-state index contributed by atoms with van der Waals surface area (Å²) >= 11 is 9.07. The van der Waals surface area contributed by atoms with Crippen LogP contribution < -0.4 is 4.74 Å². The van der Waals surface area contributed by atoms with Gasteiger partial charge in [-0.05, 0) is 31.2 Å². The number of halogens is 4. The Balaban J connectivity index is 0.00000196. The number of ether oxygens (including phenoxy) is 1. The Morgan fingerprint density at radius 2 is 1.93 bits per heavy atom. The maximum atomic E-state index is 13.8. The maximum absolute atomic E-state index is 13.8. The van der Waals surface area contributed by atoms with E-state index >= 15 is 0 Å². The Morgan fingerprint density at radius 1 is 1.14 bits per heavy atom. The van der Waals surface area contributed by atoms with E-state index in [1.165, 1.54) is 18.1 Å². The fourth-order valence-corrected chi connectivity index (χ4v) is 4.53. The van der Waals surface area contributed by atoms with Gasteiger partial charge < -0.3 is 9.72 Å². The van der Waals surface area contributed by atoms with E-state index in [-0.39, 0.29) is 30.6 Å². The Morgan fingerprint density at radius 3 is 2.64 bits per heavy atom. The van der Waals surface area contributed by atoms with Crippen molar-refractivity contribution in [1.29, 1.82) is 0 Å². The monoisotopic (exact) mass is 483 g/mol. The van der Waals surface area contributed by atoms with Crippen molar-refractivity contribution in [3.05, 3.63) is 41.5 Å². The van der Waals surface area contributed by atoms with Gasteiger partial charge in [-0.1, -0.05) is 11.8 Å². The van der Waals surface area contributed by atoms with Crippen LogP contribution in [0.25, 0.3) is 11.0 Å². The molecule has 28 heavy (non-hydrogen) atoms. The van der Waals surface area contributed by atoms with Crippen LogP contribution in [0.3, 0.4) is 0 Å². The van der Waals surface area contributed by atoms with Gasteiger partial charge in [-0.15, -0.1) is 48.2 Å². The number of rotatable bonds is 8. The zero-order chi connectivity index (χ0) is 18.5. The number of hydrogen-bond acceptors (Lipinski definition) is 5. The minimum absolute atomic E-state index is 0. The van der Waals surface area contributed by atoms with Crippen molar-refractivity contribution in [1.82, 2.24) is 15.0 Å². The number of benzene rings is 1. The normalized spacial score (nSPS) is 10.4. The van der Waals surface area contributed by atoms with Crippen LogP contribution in [0.1, 0.15) is 17.8 Å². The van der Waals surface area contributed by atoms with E-state index in [9.17, 15) is 4.39 Å². The zero-order valence-corrected chi connectivity index (χ0v) is 19.4. The first-order chi connectivity index (χ1) is 12.6. The number of methoxy groups -OCH3 is 1. The third-order valence-electron chi connectivity index (χ3n) is 3.62. The van der Waals surface area contributed by atoms with Gasteiger partial charge in [-0.2, -0.15) is 0 Å². The summed E-state index contributed by atoms with van der Waals surface area (Å²) in [4.78, 5) is 13.4. The van der Waals surface area contributed by atoms with Crippen LogP contribution in [0, 0.1) is 12.7 Å². The molecule has 3 rings (SSSR count). The van der Waals surface area contributed by atoms with Gasteiger partial charge in [0, 0.05) is 34.4 Å². The zero-order valence-electron chi connectivity index (χ0n) is 15.3. The van der Waals surface area contributed by atoms with E-state index in [0.29, 0.717) is 17.1 Å². The lowest BCUT2D eigenvalue weighted by Crippen LogP contribution is -1.92. The van der Waals surface area contributed by atoms with E-state index in [4.69, 9.17) is 16.3 Å². The summed E-state index contributed by atoms with van der Waals surface area (Å²) in [5.41, 5.74) is 3.32. The minimum atomic E-state index is -0.415. The van der Waals surface area contributed by atoms with E-state index in [0.717, 1.165) is 34.2 Å². The van der Waals surface area contributed by atoms with E-state index in [2.05, 4.69) is 27.1 Å². The molecule has 2 aromatic heterocycles. The molecule has 1 aromatic carbocycles. The van der Waals surface area contributed by atoms with Crippen molar-refractivity contribution < 1.29 is 9.13 Å². The van der Waals surface area contributed by atoms with Crippen molar-refractivity contribution in [2.24, 2.45) is 0 Å². The molecule has 0 atom stereocenters. The third kappa shape index (κ3) is 6.59. The minimum Gasteiger partial charge on any atom is -0.494 e. The third-order valence-corrected chi connectivity index (χ3v) is 5.85. The molecule has 4 nitrogen and oxygen atoms in total. The summed E-state index contributed by atoms with van der Waals surface area (Å²) in [6, 6.07) is 7.19. The molecule has 0 aliphatic carbocycles. The lowest BCUT2D eigenvalue weighted by Gasteiger charge is -2.06. The summed E-state index contributed by atoms with van der Waals surface area (Å²) in [6.07, 6.45) is 0.983. The van der Waals surface area contributed by atoms with Crippen molar-refractivity contribution >= 4 is 71.0 Å². The number of pyridine rings is 1. The maximum Gasteiger partial charge on any atom is 0.167 e. The number of nitrogens with one attached hydrogen (secondary N) is 1. The molecular formula is C18H21Cl3FN3OS2. The molecule has 0 spiro atoms. The highest BCUT2D eigenvalue weighted by Crippen LogP contribution is 2.28. The van der Waals surface area contributed by atoms with Gasteiger partial charge in [0.05, 0.1) is 23.8 Å². The van der Waals surface area contributed by atoms with E-state index in [1.54, 1.807) is 29.6 Å². The fourth-order valence-electron chi connectivity index (χ4n) is 2.46. The molecular weight excluding hydrogens is 464 g/mol. The number of hydrogen-bond donors (Lipinski definition) is 1. The Bertz CT molecular complexity index is 911. The van der Waals surface area contributed by atoms with Gasteiger partial charge in [-0.25, -0.2) is 9.37 Å². The average molecular weight is 485 g/mol. The highest BCUT2D eigenvalue weighted by molar-refractivity contribution is 7.99. The molecule has 0 radical (unpaired) electrons. The van der Waals surface area contributed by atoms with Crippen molar-refractivity contribution in [2.45, 2.75) is 29.1 Å². The van der Waals surface area contributed by atoms with Crippen LogP contribution in [-0.2, 0) is 5.75 Å². The average Bonchev–Trinajstić information content (AvgIpc) is 3.00. The van der Waals surface area contributed by atoms with Crippen LogP contribution in [-0.4, -0.2) is 33.7 Å². The molecule has 0 bridgehead atoms. The molecule has 2 heterocycles. The highest BCUT2D eigenvalue weighted by atomic mass is 35.5. The summed E-state index contributed by atoms with van der Waals surface area (Å²) in [7, 11) is 1.45. The summed E-state index contributed by atoms with van der Waals surface area (Å²) in [5.74, 6) is 2.15. The molecule has 0 amide bonds. The lowest BCUT2D eigenvalue weighted by molar-refractivity contribution is 0.387. The molecule has 0 fully saturated rings. The van der Waals surface area contributed by atoms with Crippen LogP contribution in [0.15, 0.2) is 34.3 Å². The number of thioether (sulfide) groups is 2. The van der Waals surface area contributed by atoms with Crippen molar-refractivity contribution in [2.75, 3.05) is 18.7 Å². The Labute approximate surface area is 189 Å². The number of nitrogens with zero attached hydrogens (tertiary/aromatic N) is 2. The molecule has 0 unspecified atom stereocenters. The first kappa shape index (κ1) is 25.2. The van der Waals surface area contributed by atoms with Crippen LogP contribution in [0.4, 0.5) is 4.39 Å². The highest BCUT2D eigenvalue weighted by Gasteiger charge is 2.10. The van der Waals surface area contributed by atoms with Gasteiger partial charge in [-0.3, -0.25) is 4.98 Å². The molecule has 0 aliphatic rings. The number of aryl methyl sites for hydroxylation is 1. The predicted octanol–water partition coefficient (Wildman–Crippen LogP) is 6.27. The Kier molecular flexibility index (Phi) is 10.8. The number of aromatic amines is 1. The summed E-state index contributed by atoms with van der Waals surface area (Å²) in [5, 5.41) is 0.729. The van der Waals surface area contributed by atoms with Gasteiger partial charge in [0.2, 0.25) is 0 Å². The SMILES string of the molecule is COc1cc2[nH]c(SCc3cc(SCCCCl)cc(C)n3)nc2cc1F.Cl.Cl. The second kappa shape index (κ2) is 12.0. The lowest BCUT2D eigenvalue weighted by atomic mass is 10.3. The molecule has 0 saturated carbocycles. The van der Waals surface area contributed by atoms with Gasteiger partial charge >= 0.3 is 0 Å². The number of fused-ring (bicyclic) bond motifs is 1. The van der Waals surface area contributed by atoms with Crippen LogP contribution in [0.5, 0.6) is 5.75 Å². The first-order valence-corrected chi connectivity index (χ1v) is 10.6. The smallest absolute Gasteiger partial charge is 0.167 e. The first-order valence-electron chi connectivity index (χ1n) is 8.11. The molecule has 1 N–H and O–H groups in total. The standard InChI is InChI=1S/C18H19ClFN3OS2.2ClH/c1-11-6-13(25-5-3-4-19)7-12(21-11)10-26-18-22-15-8-14(20)17(24-2)9-16(15)23-18;;/h6-9H,3-5,10H2,1-2H3,(H,22,23);2*1H. The van der Waals surface area contributed by atoms with Gasteiger partial charge in [0.1, 0.15) is 0 Å². The van der Waals surface area contributed by atoms with Crippen LogP contribution in [0.2, 0.25) is 0 Å². The quantitative estimate of drug-likeness (QED) is 0.232. The van der Waals surface area contributed by atoms with Gasteiger partial charge in [0.25, 0.3) is 0 Å². The summed E-state index contributed by atoms with van der Waals surface area (Å²) in [6.45, 7) is 2.00. The van der Waals surface area contributed by atoms with E-state index in [1.807, 2.05) is 6.92 Å². The molecule has 3 aromatic rings. The topological polar surface area (TPSA) is 50.8 Å². The number of alkyl halides is 1. The second-order valence-electron chi connectivity index (χ2n) is 5.66. The Hall–Kier alpha value is -0.860. The van der Waals surface area contributed by atoms with Crippen molar-refractivity contribution in [3.63, 3.8) is 0 Å². The second-order valence-corrected chi connectivity index (χ2v) is 8.17. The molecule has 10 heteroatoms. The predicted molar refractivity (Wildman–Crippen MR) is 122 cm³/mol. The fraction of sp³-hybridized carbons (Fsp3) is 0.333. The summed E-state index contributed by atoms with van der Waals surface area (Å²) < 4.78 is 18.8. The molecule has 0 aliphatic heterocycles. The number of H-pyrrole nitrogens is 1. The number of aromatic nitrogens is 3. The van der Waals surface area contributed by atoms with E-state index < -0.39 is 5.82 Å². The molecule has 154 valence electrons. The van der Waals surface area contributed by atoms with Crippen molar-refractivity contribution in [3.8, 4) is 5.75 Å². The van der Waals surface area contributed by atoms with Crippen LogP contribution >= 0.6 is 59.9 Å². The number of imidazole rings is 1. The largest absolute Gasteiger partial charge is 0.494 e.